The van der Waals surface area contributed by atoms with Gasteiger partial charge in [-0.1, -0.05) is 0 Å². The van der Waals surface area contributed by atoms with Gasteiger partial charge in [-0.25, -0.2) is 0 Å². The smallest absolute Gasteiger partial charge is 0.0754 e. The van der Waals surface area contributed by atoms with E-state index >= 15 is 0 Å². The molecular weight excluding hydrogens is 138 g/mol. The maximum Gasteiger partial charge on any atom is 0.0754 e. The predicted molar refractivity (Wildman–Crippen MR) is 46.7 cm³/mol. The van der Waals surface area contributed by atoms with Crippen molar-refractivity contribution in [2.24, 2.45) is 0 Å². The van der Waals surface area contributed by atoms with Crippen molar-refractivity contribution in [3.05, 3.63) is 0 Å². The third kappa shape index (κ3) is 2.80. The van der Waals surface area contributed by atoms with E-state index in [0.29, 0.717) is 12.1 Å². The highest BCUT2D eigenvalue weighted by atomic mass is 16.5. The Balaban J connectivity index is 2.53. The summed E-state index contributed by atoms with van der Waals surface area (Å²) in [5.74, 6) is 0. The van der Waals surface area contributed by atoms with Gasteiger partial charge in [0.15, 0.2) is 0 Å². The second-order valence-electron chi connectivity index (χ2n) is 4.21. The van der Waals surface area contributed by atoms with E-state index in [-0.39, 0.29) is 5.60 Å². The molecule has 1 aliphatic heterocycles. The molecule has 1 rings (SSSR count). The van der Waals surface area contributed by atoms with E-state index in [4.69, 9.17) is 4.74 Å². The van der Waals surface area contributed by atoms with Gasteiger partial charge < -0.3 is 10.1 Å². The second kappa shape index (κ2) is 3.11. The first kappa shape index (κ1) is 9.01. The third-order valence-corrected chi connectivity index (χ3v) is 2.08. The van der Waals surface area contributed by atoms with Crippen LogP contribution in [-0.4, -0.2) is 24.3 Å². The summed E-state index contributed by atoms with van der Waals surface area (Å²) in [6, 6.07) is 0.590. The SMILES string of the molecule is CC1CC(C)OC(C)(C)CN1. The minimum absolute atomic E-state index is 0.00414. The lowest BCUT2D eigenvalue weighted by Gasteiger charge is -2.25. The first-order valence-electron chi connectivity index (χ1n) is 4.41. The summed E-state index contributed by atoms with van der Waals surface area (Å²) in [6.45, 7) is 9.58. The highest BCUT2D eigenvalue weighted by molar-refractivity contribution is 4.80. The van der Waals surface area contributed by atoms with Crippen LogP contribution in [0.3, 0.4) is 0 Å². The fourth-order valence-electron chi connectivity index (χ4n) is 1.64. The summed E-state index contributed by atoms with van der Waals surface area (Å²) in [5, 5.41) is 3.44. The summed E-state index contributed by atoms with van der Waals surface area (Å²) in [5.41, 5.74) is 0.00414. The monoisotopic (exact) mass is 157 g/mol. The summed E-state index contributed by atoms with van der Waals surface area (Å²) in [4.78, 5) is 0. The van der Waals surface area contributed by atoms with Gasteiger partial charge in [-0.2, -0.15) is 0 Å². The number of nitrogens with one attached hydrogen (secondary N) is 1. The molecule has 1 saturated heterocycles. The molecule has 0 aromatic rings. The van der Waals surface area contributed by atoms with Crippen molar-refractivity contribution < 1.29 is 4.74 Å². The fraction of sp³-hybridized carbons (Fsp3) is 1.00. The molecule has 2 unspecified atom stereocenters. The Hall–Kier alpha value is -0.0800. The fourth-order valence-corrected chi connectivity index (χ4v) is 1.64. The molecular formula is C9H19NO. The number of hydrogen-bond acceptors (Lipinski definition) is 2. The maximum absolute atomic E-state index is 5.81. The van der Waals surface area contributed by atoms with Crippen molar-refractivity contribution in [3.8, 4) is 0 Å². The van der Waals surface area contributed by atoms with Crippen molar-refractivity contribution in [2.75, 3.05) is 6.54 Å². The first-order chi connectivity index (χ1) is 4.99. The lowest BCUT2D eigenvalue weighted by molar-refractivity contribution is -0.0515. The van der Waals surface area contributed by atoms with Crippen molar-refractivity contribution in [1.82, 2.24) is 5.32 Å². The van der Waals surface area contributed by atoms with Crippen LogP contribution in [0, 0.1) is 0 Å². The second-order valence-corrected chi connectivity index (χ2v) is 4.21. The minimum Gasteiger partial charge on any atom is -0.371 e. The van der Waals surface area contributed by atoms with Crippen LogP contribution in [0.2, 0.25) is 0 Å². The van der Waals surface area contributed by atoms with Crippen LogP contribution in [0.1, 0.15) is 34.1 Å². The molecule has 0 aromatic carbocycles. The highest BCUT2D eigenvalue weighted by Crippen LogP contribution is 2.17. The third-order valence-electron chi connectivity index (χ3n) is 2.08. The molecule has 1 heterocycles. The van der Waals surface area contributed by atoms with Crippen molar-refractivity contribution in [2.45, 2.75) is 51.9 Å². The largest absolute Gasteiger partial charge is 0.371 e. The number of hydrogen-bond donors (Lipinski definition) is 1. The van der Waals surface area contributed by atoms with E-state index in [0.717, 1.165) is 13.0 Å². The summed E-state index contributed by atoms with van der Waals surface area (Å²) in [6.07, 6.45) is 1.50. The molecule has 0 aliphatic carbocycles. The highest BCUT2D eigenvalue weighted by Gasteiger charge is 2.26. The normalized spacial score (nSPS) is 38.2. The van der Waals surface area contributed by atoms with E-state index in [1.807, 2.05) is 0 Å². The van der Waals surface area contributed by atoms with Crippen molar-refractivity contribution in [1.29, 1.82) is 0 Å². The van der Waals surface area contributed by atoms with Gasteiger partial charge in [-0.3, -0.25) is 0 Å². The molecule has 0 aromatic heterocycles. The Morgan fingerprint density at radius 2 is 2.00 bits per heavy atom. The van der Waals surface area contributed by atoms with Crippen LogP contribution in [0.25, 0.3) is 0 Å². The van der Waals surface area contributed by atoms with E-state index in [1.54, 1.807) is 0 Å². The Morgan fingerprint density at radius 3 is 2.64 bits per heavy atom. The van der Waals surface area contributed by atoms with Crippen molar-refractivity contribution >= 4 is 0 Å². The lowest BCUT2D eigenvalue weighted by atomic mass is 10.1. The molecule has 0 saturated carbocycles. The number of ether oxygens (including phenoxy) is 1. The van der Waals surface area contributed by atoms with Gasteiger partial charge >= 0.3 is 0 Å². The molecule has 2 nitrogen and oxygen atoms in total. The first-order valence-corrected chi connectivity index (χ1v) is 4.41. The zero-order chi connectivity index (χ0) is 8.48. The lowest BCUT2D eigenvalue weighted by Crippen LogP contribution is -2.37. The quantitative estimate of drug-likeness (QED) is 0.576. The average molecular weight is 157 g/mol. The Bertz CT molecular complexity index is 134. The predicted octanol–water partition coefficient (Wildman–Crippen LogP) is 1.55. The Labute approximate surface area is 69.3 Å². The van der Waals surface area contributed by atoms with Gasteiger partial charge in [0.2, 0.25) is 0 Å². The standard InChI is InChI=1S/C9H19NO/c1-7-5-8(2)11-9(3,4)6-10-7/h7-8,10H,5-6H2,1-4H3. The summed E-state index contributed by atoms with van der Waals surface area (Å²) in [7, 11) is 0. The van der Waals surface area contributed by atoms with Crippen LogP contribution in [0.4, 0.5) is 0 Å². The van der Waals surface area contributed by atoms with Crippen LogP contribution >= 0.6 is 0 Å². The minimum atomic E-state index is 0.00414. The molecule has 1 aliphatic rings. The number of rotatable bonds is 0. The van der Waals surface area contributed by atoms with E-state index in [9.17, 15) is 0 Å². The zero-order valence-corrected chi connectivity index (χ0v) is 7.98. The maximum atomic E-state index is 5.81. The topological polar surface area (TPSA) is 21.3 Å². The molecule has 0 amide bonds. The average Bonchev–Trinajstić information content (AvgIpc) is 1.90. The van der Waals surface area contributed by atoms with Gasteiger partial charge in [0.05, 0.1) is 11.7 Å². The Kier molecular flexibility index (Phi) is 2.55. The molecule has 1 N–H and O–H groups in total. The van der Waals surface area contributed by atoms with Crippen LogP contribution in [0.15, 0.2) is 0 Å². The van der Waals surface area contributed by atoms with Gasteiger partial charge in [-0.05, 0) is 34.1 Å². The molecule has 0 bridgehead atoms. The molecule has 1 fully saturated rings. The van der Waals surface area contributed by atoms with Gasteiger partial charge in [0.25, 0.3) is 0 Å². The molecule has 2 atom stereocenters. The van der Waals surface area contributed by atoms with Crippen LogP contribution in [0.5, 0.6) is 0 Å². The van der Waals surface area contributed by atoms with E-state index in [2.05, 4.69) is 33.0 Å². The molecule has 11 heavy (non-hydrogen) atoms. The van der Waals surface area contributed by atoms with Gasteiger partial charge in [0, 0.05) is 12.6 Å². The van der Waals surface area contributed by atoms with Gasteiger partial charge in [0.1, 0.15) is 0 Å². The molecule has 0 radical (unpaired) electrons. The van der Waals surface area contributed by atoms with Crippen molar-refractivity contribution in [3.63, 3.8) is 0 Å². The Morgan fingerprint density at radius 1 is 1.36 bits per heavy atom. The summed E-state index contributed by atoms with van der Waals surface area (Å²) < 4.78 is 5.81. The molecule has 0 spiro atoms. The summed E-state index contributed by atoms with van der Waals surface area (Å²) >= 11 is 0. The van der Waals surface area contributed by atoms with Crippen LogP contribution < -0.4 is 5.32 Å². The molecule has 2 heteroatoms. The van der Waals surface area contributed by atoms with E-state index in [1.165, 1.54) is 0 Å². The van der Waals surface area contributed by atoms with Gasteiger partial charge in [-0.15, -0.1) is 0 Å². The van der Waals surface area contributed by atoms with E-state index < -0.39 is 0 Å². The van der Waals surface area contributed by atoms with Crippen LogP contribution in [-0.2, 0) is 4.74 Å². The molecule has 66 valence electrons. The zero-order valence-electron chi connectivity index (χ0n) is 7.98.